The summed E-state index contributed by atoms with van der Waals surface area (Å²) in [5.41, 5.74) is 1.88. The molecular weight excluding hydrogens is 388 g/mol. The minimum absolute atomic E-state index is 0.0194. The Labute approximate surface area is 173 Å². The lowest BCUT2D eigenvalue weighted by molar-refractivity contribution is -0.120. The van der Waals surface area contributed by atoms with E-state index in [0.29, 0.717) is 31.1 Å². The van der Waals surface area contributed by atoms with Crippen molar-refractivity contribution in [2.24, 2.45) is 5.92 Å². The summed E-state index contributed by atoms with van der Waals surface area (Å²) >= 11 is 1.61. The molecule has 0 radical (unpaired) electrons. The number of hydrogen-bond acceptors (Lipinski definition) is 5. The van der Waals surface area contributed by atoms with Gasteiger partial charge in [0.15, 0.2) is 11.5 Å². The Morgan fingerprint density at radius 3 is 2.69 bits per heavy atom. The van der Waals surface area contributed by atoms with Gasteiger partial charge in [-0.1, -0.05) is 0 Å². The van der Waals surface area contributed by atoms with Crippen LogP contribution in [0.5, 0.6) is 11.5 Å². The van der Waals surface area contributed by atoms with Crippen molar-refractivity contribution in [2.45, 2.75) is 32.1 Å². The number of likely N-dealkylation sites (tertiary alicyclic amines) is 1. The van der Waals surface area contributed by atoms with Gasteiger partial charge in [0.2, 0.25) is 5.91 Å². The molecule has 2 amide bonds. The van der Waals surface area contributed by atoms with Crippen LogP contribution in [0, 0.1) is 5.92 Å². The van der Waals surface area contributed by atoms with Crippen LogP contribution in [0.3, 0.4) is 0 Å². The average molecular weight is 413 g/mol. The van der Waals surface area contributed by atoms with E-state index in [1.807, 2.05) is 29.2 Å². The van der Waals surface area contributed by atoms with Gasteiger partial charge < -0.3 is 19.7 Å². The van der Waals surface area contributed by atoms with E-state index < -0.39 is 0 Å². The van der Waals surface area contributed by atoms with E-state index in [2.05, 4.69) is 5.32 Å². The number of thiophene rings is 1. The summed E-state index contributed by atoms with van der Waals surface area (Å²) in [6, 6.07) is 7.51. The van der Waals surface area contributed by atoms with Crippen molar-refractivity contribution in [3.8, 4) is 11.5 Å². The molecule has 3 heterocycles. The fourth-order valence-corrected chi connectivity index (χ4v) is 5.47. The van der Waals surface area contributed by atoms with E-state index in [0.717, 1.165) is 54.9 Å². The lowest BCUT2D eigenvalue weighted by Gasteiger charge is -2.22. The number of amides is 2. The molecule has 1 atom stereocenters. The summed E-state index contributed by atoms with van der Waals surface area (Å²) in [6.45, 7) is 2.79. The van der Waals surface area contributed by atoms with Crippen LogP contribution in [-0.2, 0) is 17.6 Å². The second-order valence-electron chi connectivity index (χ2n) is 7.85. The Kier molecular flexibility index (Phi) is 4.91. The highest BCUT2D eigenvalue weighted by Crippen LogP contribution is 2.35. The van der Waals surface area contributed by atoms with E-state index in [-0.39, 0.29) is 17.7 Å². The standard InChI is InChI=1S/C22H24N2O4S/c25-21(23-16-4-5-17-18(13-16)28-10-9-27-17)14-3-6-19-15(11-14)12-20(29-19)22(26)24-7-1-2-8-24/h4-5,12-14H,1-3,6-11H2,(H,23,25)/t14-/m1/s1. The zero-order valence-electron chi connectivity index (χ0n) is 16.2. The number of fused-ring (bicyclic) bond motifs is 2. The van der Waals surface area contributed by atoms with E-state index in [4.69, 9.17) is 9.47 Å². The van der Waals surface area contributed by atoms with Gasteiger partial charge in [0.05, 0.1) is 4.88 Å². The van der Waals surface area contributed by atoms with Crippen molar-refractivity contribution < 1.29 is 19.1 Å². The molecule has 0 saturated carbocycles. The van der Waals surface area contributed by atoms with Crippen molar-refractivity contribution in [3.05, 3.63) is 39.6 Å². The SMILES string of the molecule is O=C(Nc1ccc2c(c1)OCCO2)[C@@H]1CCc2sc(C(=O)N3CCCC3)cc2C1. The summed E-state index contributed by atoms with van der Waals surface area (Å²) in [5, 5.41) is 3.02. The molecule has 5 rings (SSSR count). The largest absolute Gasteiger partial charge is 0.486 e. The predicted molar refractivity (Wildman–Crippen MR) is 111 cm³/mol. The van der Waals surface area contributed by atoms with Gasteiger partial charge in [-0.2, -0.15) is 0 Å². The molecule has 6 nitrogen and oxygen atoms in total. The molecule has 1 fully saturated rings. The number of ether oxygens (including phenoxy) is 2. The monoisotopic (exact) mass is 412 g/mol. The first-order valence-electron chi connectivity index (χ1n) is 10.3. The molecular formula is C22H24N2O4S. The van der Waals surface area contributed by atoms with Crippen LogP contribution < -0.4 is 14.8 Å². The number of nitrogens with zero attached hydrogens (tertiary/aromatic N) is 1. The smallest absolute Gasteiger partial charge is 0.263 e. The second-order valence-corrected chi connectivity index (χ2v) is 8.98. The van der Waals surface area contributed by atoms with Gasteiger partial charge in [-0.05, 0) is 55.9 Å². The molecule has 0 spiro atoms. The molecule has 1 aromatic heterocycles. The Hall–Kier alpha value is -2.54. The normalized spacial score (nSPS) is 20.3. The summed E-state index contributed by atoms with van der Waals surface area (Å²) in [6.07, 6.45) is 4.54. The summed E-state index contributed by atoms with van der Waals surface area (Å²) in [5.74, 6) is 1.47. The highest BCUT2D eigenvalue weighted by molar-refractivity contribution is 7.14. The van der Waals surface area contributed by atoms with Crippen molar-refractivity contribution >= 4 is 28.8 Å². The van der Waals surface area contributed by atoms with Crippen molar-refractivity contribution in [2.75, 3.05) is 31.6 Å². The molecule has 1 saturated heterocycles. The summed E-state index contributed by atoms with van der Waals surface area (Å²) < 4.78 is 11.1. The Bertz CT molecular complexity index is 948. The van der Waals surface area contributed by atoms with E-state index in [1.54, 1.807) is 11.3 Å². The second kappa shape index (κ2) is 7.71. The molecule has 7 heteroatoms. The van der Waals surface area contributed by atoms with Crippen molar-refractivity contribution in [3.63, 3.8) is 0 Å². The molecule has 29 heavy (non-hydrogen) atoms. The Morgan fingerprint density at radius 1 is 1.07 bits per heavy atom. The third kappa shape index (κ3) is 3.71. The van der Waals surface area contributed by atoms with Gasteiger partial charge in [0.1, 0.15) is 13.2 Å². The number of benzene rings is 1. The Morgan fingerprint density at radius 2 is 1.86 bits per heavy atom. The molecule has 2 aromatic rings. The first-order valence-corrected chi connectivity index (χ1v) is 11.1. The number of hydrogen-bond donors (Lipinski definition) is 1. The first-order chi connectivity index (χ1) is 14.2. The lowest BCUT2D eigenvalue weighted by atomic mass is 9.87. The minimum Gasteiger partial charge on any atom is -0.486 e. The van der Waals surface area contributed by atoms with E-state index in [1.165, 1.54) is 4.88 Å². The molecule has 1 N–H and O–H groups in total. The van der Waals surface area contributed by atoms with Gasteiger partial charge in [-0.3, -0.25) is 9.59 Å². The maximum Gasteiger partial charge on any atom is 0.263 e. The van der Waals surface area contributed by atoms with Crippen molar-refractivity contribution in [1.82, 2.24) is 4.90 Å². The van der Waals surface area contributed by atoms with Gasteiger partial charge in [0, 0.05) is 35.6 Å². The van der Waals surface area contributed by atoms with Gasteiger partial charge in [-0.25, -0.2) is 0 Å². The first kappa shape index (κ1) is 18.5. The van der Waals surface area contributed by atoms with Crippen LogP contribution in [0.25, 0.3) is 0 Å². The van der Waals surface area contributed by atoms with Crippen LogP contribution >= 0.6 is 11.3 Å². The minimum atomic E-state index is -0.0833. The van der Waals surface area contributed by atoms with Gasteiger partial charge in [0.25, 0.3) is 5.91 Å². The van der Waals surface area contributed by atoms with Crippen LogP contribution in [0.4, 0.5) is 5.69 Å². The molecule has 1 aliphatic carbocycles. The van der Waals surface area contributed by atoms with Crippen LogP contribution in [0.1, 0.15) is 39.4 Å². The number of nitrogens with one attached hydrogen (secondary N) is 1. The number of carbonyl (C=O) groups excluding carboxylic acids is 2. The average Bonchev–Trinajstić information content (AvgIpc) is 3.42. The highest BCUT2D eigenvalue weighted by Gasteiger charge is 2.29. The van der Waals surface area contributed by atoms with Crippen LogP contribution in [0.2, 0.25) is 0 Å². The molecule has 2 aliphatic heterocycles. The number of rotatable bonds is 3. The number of anilines is 1. The van der Waals surface area contributed by atoms with Crippen LogP contribution in [-0.4, -0.2) is 43.0 Å². The molecule has 0 bridgehead atoms. The quantitative estimate of drug-likeness (QED) is 0.838. The molecule has 152 valence electrons. The maximum absolute atomic E-state index is 12.8. The highest BCUT2D eigenvalue weighted by atomic mass is 32.1. The summed E-state index contributed by atoms with van der Waals surface area (Å²) in [4.78, 5) is 29.5. The maximum atomic E-state index is 12.8. The van der Waals surface area contributed by atoms with Crippen LogP contribution in [0.15, 0.2) is 24.3 Å². The molecule has 0 unspecified atom stereocenters. The predicted octanol–water partition coefficient (Wildman–Crippen LogP) is 3.50. The van der Waals surface area contributed by atoms with Gasteiger partial charge >= 0.3 is 0 Å². The summed E-state index contributed by atoms with van der Waals surface area (Å²) in [7, 11) is 0. The zero-order chi connectivity index (χ0) is 19.8. The number of aryl methyl sites for hydroxylation is 1. The zero-order valence-corrected chi connectivity index (χ0v) is 17.1. The van der Waals surface area contributed by atoms with E-state index in [9.17, 15) is 9.59 Å². The topological polar surface area (TPSA) is 67.9 Å². The third-order valence-electron chi connectivity index (χ3n) is 5.87. The third-order valence-corrected chi connectivity index (χ3v) is 7.09. The van der Waals surface area contributed by atoms with E-state index >= 15 is 0 Å². The van der Waals surface area contributed by atoms with Gasteiger partial charge in [-0.15, -0.1) is 11.3 Å². The van der Waals surface area contributed by atoms with Crippen molar-refractivity contribution in [1.29, 1.82) is 0 Å². The molecule has 1 aromatic carbocycles. The fourth-order valence-electron chi connectivity index (χ4n) is 4.29. The Balaban J connectivity index is 1.25. The lowest BCUT2D eigenvalue weighted by Crippen LogP contribution is -2.27. The molecule has 3 aliphatic rings. The number of carbonyl (C=O) groups is 2. The fraction of sp³-hybridized carbons (Fsp3) is 0.455.